The number of benzene rings is 1. The molecule has 112 valence electrons. The molecule has 1 aromatic rings. The van der Waals surface area contributed by atoms with Gasteiger partial charge in [0.15, 0.2) is 11.5 Å². The molecule has 0 heterocycles. The highest BCUT2D eigenvalue weighted by Crippen LogP contribution is 2.31. The van der Waals surface area contributed by atoms with Crippen molar-refractivity contribution in [1.82, 2.24) is 4.90 Å². The lowest BCUT2D eigenvalue weighted by Crippen LogP contribution is -2.34. The van der Waals surface area contributed by atoms with Crippen LogP contribution in [0.5, 0.6) is 11.5 Å². The smallest absolute Gasteiger partial charge is 0.257 e. The van der Waals surface area contributed by atoms with Gasteiger partial charge in [-0.25, -0.2) is 0 Å². The molecule has 1 unspecified atom stereocenters. The van der Waals surface area contributed by atoms with Crippen molar-refractivity contribution >= 4 is 21.8 Å². The van der Waals surface area contributed by atoms with Gasteiger partial charge in [-0.05, 0) is 12.1 Å². The molecular weight excluding hydrogens is 326 g/mol. The molecule has 0 aliphatic rings. The first-order chi connectivity index (χ1) is 9.54. The maximum atomic E-state index is 12.5. The number of hydrogen-bond donors (Lipinski definition) is 0. The zero-order valence-corrected chi connectivity index (χ0v) is 13.8. The van der Waals surface area contributed by atoms with Crippen molar-refractivity contribution in [2.24, 2.45) is 0 Å². The van der Waals surface area contributed by atoms with E-state index < -0.39 is 0 Å². The average molecular weight is 346 g/mol. The summed E-state index contributed by atoms with van der Waals surface area (Å²) in [4.78, 5) is 14.2. The normalized spacial score (nSPS) is 11.8. The van der Waals surface area contributed by atoms with Crippen LogP contribution in [0, 0.1) is 0 Å². The fourth-order valence-electron chi connectivity index (χ4n) is 1.87. The van der Waals surface area contributed by atoms with Gasteiger partial charge in [0.1, 0.15) is 0 Å². The Morgan fingerprint density at radius 3 is 2.55 bits per heavy atom. The molecule has 0 radical (unpaired) electrons. The maximum absolute atomic E-state index is 12.5. The lowest BCUT2D eigenvalue weighted by molar-refractivity contribution is 0.0780. The van der Waals surface area contributed by atoms with E-state index >= 15 is 0 Å². The van der Waals surface area contributed by atoms with Gasteiger partial charge in [-0.3, -0.25) is 4.79 Å². The predicted molar refractivity (Wildman–Crippen MR) is 81.1 cm³/mol. The van der Waals surface area contributed by atoms with E-state index in [0.29, 0.717) is 30.2 Å². The molecule has 0 bridgehead atoms. The molecule has 0 fully saturated rings. The Morgan fingerprint density at radius 2 is 2.00 bits per heavy atom. The number of ether oxygens (including phenoxy) is 3. The Balaban J connectivity index is 2.91. The van der Waals surface area contributed by atoms with Crippen molar-refractivity contribution in [3.63, 3.8) is 0 Å². The van der Waals surface area contributed by atoms with Crippen molar-refractivity contribution < 1.29 is 19.0 Å². The average Bonchev–Trinajstić information content (AvgIpc) is 2.45. The van der Waals surface area contributed by atoms with Gasteiger partial charge in [0.05, 0.1) is 31.2 Å². The summed E-state index contributed by atoms with van der Waals surface area (Å²) in [6, 6.07) is 5.25. The number of methoxy groups -OCH3 is 3. The quantitative estimate of drug-likeness (QED) is 0.710. The van der Waals surface area contributed by atoms with Crippen molar-refractivity contribution in [2.45, 2.75) is 4.83 Å². The first kappa shape index (κ1) is 16.8. The van der Waals surface area contributed by atoms with E-state index in [0.717, 1.165) is 0 Å². The zero-order chi connectivity index (χ0) is 15.1. The molecule has 0 aromatic heterocycles. The summed E-state index contributed by atoms with van der Waals surface area (Å²) >= 11 is 3.47. The SMILES string of the molecule is COCC(Br)CN(C)C(=O)c1cccc(OC)c1OC. The molecule has 0 saturated carbocycles. The van der Waals surface area contributed by atoms with Crippen molar-refractivity contribution in [2.75, 3.05) is 41.5 Å². The van der Waals surface area contributed by atoms with Crippen LogP contribution in [0.25, 0.3) is 0 Å². The molecule has 0 spiro atoms. The topological polar surface area (TPSA) is 48.0 Å². The number of halogens is 1. The van der Waals surface area contributed by atoms with Crippen LogP contribution in [0.15, 0.2) is 18.2 Å². The molecule has 1 rings (SSSR count). The molecule has 1 amide bonds. The summed E-state index contributed by atoms with van der Waals surface area (Å²) in [6.07, 6.45) is 0. The minimum Gasteiger partial charge on any atom is -0.493 e. The minimum absolute atomic E-state index is 0.0815. The summed E-state index contributed by atoms with van der Waals surface area (Å²) in [7, 11) is 6.43. The molecule has 1 aromatic carbocycles. The molecular formula is C14H20BrNO4. The summed E-state index contributed by atoms with van der Waals surface area (Å²) in [5.41, 5.74) is 0.478. The van der Waals surface area contributed by atoms with Gasteiger partial charge in [0.25, 0.3) is 5.91 Å². The Morgan fingerprint density at radius 1 is 1.30 bits per heavy atom. The van der Waals surface area contributed by atoms with E-state index in [-0.39, 0.29) is 10.7 Å². The molecule has 5 nitrogen and oxygen atoms in total. The number of para-hydroxylation sites is 1. The lowest BCUT2D eigenvalue weighted by Gasteiger charge is -2.21. The van der Waals surface area contributed by atoms with Gasteiger partial charge in [0, 0.05) is 20.7 Å². The third-order valence-corrected chi connectivity index (χ3v) is 3.35. The Hall–Kier alpha value is -1.27. The Bertz CT molecular complexity index is 453. The second-order valence-electron chi connectivity index (χ2n) is 4.28. The summed E-state index contributed by atoms with van der Waals surface area (Å²) in [6.45, 7) is 1.07. The van der Waals surface area contributed by atoms with Crippen LogP contribution >= 0.6 is 15.9 Å². The lowest BCUT2D eigenvalue weighted by atomic mass is 10.1. The number of carbonyl (C=O) groups excluding carboxylic acids is 1. The van der Waals surface area contributed by atoms with E-state index in [1.165, 1.54) is 7.11 Å². The largest absolute Gasteiger partial charge is 0.493 e. The Kier molecular flexibility index (Phi) is 6.81. The second kappa shape index (κ2) is 8.11. The van der Waals surface area contributed by atoms with Crippen molar-refractivity contribution in [3.05, 3.63) is 23.8 Å². The molecule has 6 heteroatoms. The summed E-state index contributed by atoms with van der Waals surface area (Å²) in [5.74, 6) is 0.866. The van der Waals surface area contributed by atoms with E-state index in [2.05, 4.69) is 15.9 Å². The summed E-state index contributed by atoms with van der Waals surface area (Å²) in [5, 5.41) is 0. The van der Waals surface area contributed by atoms with E-state index in [1.807, 2.05) is 0 Å². The number of alkyl halides is 1. The molecule has 0 saturated heterocycles. The van der Waals surface area contributed by atoms with Gasteiger partial charge in [-0.2, -0.15) is 0 Å². The fourth-order valence-corrected chi connectivity index (χ4v) is 2.57. The van der Waals surface area contributed by atoms with Crippen LogP contribution in [0.4, 0.5) is 0 Å². The minimum atomic E-state index is -0.124. The van der Waals surface area contributed by atoms with Gasteiger partial charge >= 0.3 is 0 Å². The molecule has 0 aliphatic carbocycles. The number of hydrogen-bond acceptors (Lipinski definition) is 4. The van der Waals surface area contributed by atoms with Gasteiger partial charge in [-0.15, -0.1) is 0 Å². The predicted octanol–water partition coefficient (Wildman–Crippen LogP) is 2.19. The van der Waals surface area contributed by atoms with Crippen LogP contribution < -0.4 is 9.47 Å². The van der Waals surface area contributed by atoms with Crippen molar-refractivity contribution in [3.8, 4) is 11.5 Å². The molecule has 0 aliphatic heterocycles. The highest BCUT2D eigenvalue weighted by Gasteiger charge is 2.21. The fraction of sp³-hybridized carbons (Fsp3) is 0.500. The number of carbonyl (C=O) groups is 1. The first-order valence-corrected chi connectivity index (χ1v) is 7.06. The number of rotatable bonds is 7. The van der Waals surface area contributed by atoms with Crippen LogP contribution in [-0.4, -0.2) is 57.2 Å². The maximum Gasteiger partial charge on any atom is 0.257 e. The van der Waals surface area contributed by atoms with Crippen LogP contribution in [0.2, 0.25) is 0 Å². The van der Waals surface area contributed by atoms with Crippen LogP contribution in [0.1, 0.15) is 10.4 Å². The standard InChI is InChI=1S/C14H20BrNO4/c1-16(8-10(15)9-18-2)14(17)11-6-5-7-12(19-3)13(11)20-4/h5-7,10H,8-9H2,1-4H3. The summed E-state index contributed by atoms with van der Waals surface area (Å²) < 4.78 is 15.5. The van der Waals surface area contributed by atoms with Crippen LogP contribution in [0.3, 0.4) is 0 Å². The number of amides is 1. The highest BCUT2D eigenvalue weighted by atomic mass is 79.9. The third kappa shape index (κ3) is 4.11. The van der Waals surface area contributed by atoms with E-state index in [9.17, 15) is 4.79 Å². The third-order valence-electron chi connectivity index (χ3n) is 2.80. The van der Waals surface area contributed by atoms with E-state index in [4.69, 9.17) is 14.2 Å². The zero-order valence-electron chi connectivity index (χ0n) is 12.2. The van der Waals surface area contributed by atoms with Crippen LogP contribution in [-0.2, 0) is 4.74 Å². The number of nitrogens with zero attached hydrogens (tertiary/aromatic N) is 1. The Labute approximate surface area is 127 Å². The first-order valence-electron chi connectivity index (χ1n) is 6.14. The molecule has 0 N–H and O–H groups in total. The molecule has 20 heavy (non-hydrogen) atoms. The van der Waals surface area contributed by atoms with Gasteiger partial charge in [0.2, 0.25) is 0 Å². The van der Waals surface area contributed by atoms with Gasteiger partial charge in [-0.1, -0.05) is 22.0 Å². The highest BCUT2D eigenvalue weighted by molar-refractivity contribution is 9.09. The van der Waals surface area contributed by atoms with Gasteiger partial charge < -0.3 is 19.1 Å². The monoisotopic (exact) mass is 345 g/mol. The second-order valence-corrected chi connectivity index (χ2v) is 5.57. The van der Waals surface area contributed by atoms with E-state index in [1.54, 1.807) is 44.4 Å². The molecule has 1 atom stereocenters. The van der Waals surface area contributed by atoms with Crippen molar-refractivity contribution in [1.29, 1.82) is 0 Å².